The molecular formula is C16H20N4OS. The van der Waals surface area contributed by atoms with Crippen LogP contribution in [0.5, 0.6) is 0 Å². The van der Waals surface area contributed by atoms with Crippen molar-refractivity contribution in [1.29, 1.82) is 0 Å². The van der Waals surface area contributed by atoms with E-state index in [4.69, 9.17) is 0 Å². The zero-order valence-electron chi connectivity index (χ0n) is 12.9. The summed E-state index contributed by atoms with van der Waals surface area (Å²) in [5, 5.41) is 0. The third-order valence-electron chi connectivity index (χ3n) is 3.74. The normalized spacial score (nSPS) is 14.1. The van der Waals surface area contributed by atoms with Gasteiger partial charge in [-0.3, -0.25) is 15.6 Å². The van der Waals surface area contributed by atoms with Gasteiger partial charge in [-0.15, -0.1) is 11.3 Å². The van der Waals surface area contributed by atoms with E-state index < -0.39 is 0 Å². The van der Waals surface area contributed by atoms with Gasteiger partial charge in [-0.25, -0.2) is 9.97 Å². The van der Waals surface area contributed by atoms with Gasteiger partial charge in [-0.05, 0) is 57.2 Å². The number of aromatic nitrogens is 2. The van der Waals surface area contributed by atoms with E-state index in [1.807, 2.05) is 26.0 Å². The van der Waals surface area contributed by atoms with E-state index in [0.29, 0.717) is 5.95 Å². The zero-order chi connectivity index (χ0) is 15.5. The Morgan fingerprint density at radius 2 is 1.82 bits per heavy atom. The highest BCUT2D eigenvalue weighted by Gasteiger charge is 2.16. The number of rotatable bonds is 3. The summed E-state index contributed by atoms with van der Waals surface area (Å²) in [6.07, 6.45) is 5.92. The first-order valence-electron chi connectivity index (χ1n) is 7.62. The lowest BCUT2D eigenvalue weighted by atomic mass is 10.1. The van der Waals surface area contributed by atoms with E-state index in [2.05, 4.69) is 20.8 Å². The van der Waals surface area contributed by atoms with Crippen molar-refractivity contribution >= 4 is 23.2 Å². The molecule has 2 heterocycles. The maximum atomic E-state index is 12.3. The molecule has 2 aromatic heterocycles. The van der Waals surface area contributed by atoms with E-state index in [-0.39, 0.29) is 5.91 Å². The minimum absolute atomic E-state index is 0.124. The highest BCUT2D eigenvalue weighted by molar-refractivity contribution is 7.14. The number of aryl methyl sites for hydroxylation is 4. The van der Waals surface area contributed by atoms with Crippen LogP contribution in [0.3, 0.4) is 0 Å². The lowest BCUT2D eigenvalue weighted by molar-refractivity contribution is 0.0966. The molecule has 2 N–H and O–H groups in total. The number of amides is 1. The van der Waals surface area contributed by atoms with Crippen LogP contribution in [0, 0.1) is 13.8 Å². The summed E-state index contributed by atoms with van der Waals surface area (Å²) in [6, 6.07) is 3.92. The van der Waals surface area contributed by atoms with E-state index in [1.54, 1.807) is 11.3 Å². The van der Waals surface area contributed by atoms with Crippen molar-refractivity contribution in [3.8, 4) is 0 Å². The van der Waals surface area contributed by atoms with Crippen LogP contribution in [-0.2, 0) is 12.8 Å². The van der Waals surface area contributed by atoms with Crippen molar-refractivity contribution in [1.82, 2.24) is 15.4 Å². The van der Waals surface area contributed by atoms with Gasteiger partial charge in [-0.1, -0.05) is 6.42 Å². The molecule has 1 amide bonds. The third-order valence-corrected chi connectivity index (χ3v) is 4.98. The van der Waals surface area contributed by atoms with Gasteiger partial charge in [0.25, 0.3) is 5.91 Å². The molecule has 0 aromatic carbocycles. The zero-order valence-corrected chi connectivity index (χ0v) is 13.7. The summed E-state index contributed by atoms with van der Waals surface area (Å²) < 4.78 is 0. The summed E-state index contributed by atoms with van der Waals surface area (Å²) in [5.74, 6) is 0.296. The fourth-order valence-electron chi connectivity index (χ4n) is 2.74. The number of hydrogen-bond acceptors (Lipinski definition) is 5. The van der Waals surface area contributed by atoms with Gasteiger partial charge < -0.3 is 0 Å². The molecule has 0 atom stereocenters. The molecule has 1 aliphatic carbocycles. The minimum Gasteiger partial charge on any atom is -0.266 e. The topological polar surface area (TPSA) is 66.9 Å². The molecule has 0 unspecified atom stereocenters. The third kappa shape index (κ3) is 3.44. The molecule has 0 aliphatic heterocycles. The SMILES string of the molecule is Cc1cc(C)nc(NNC(=O)c2cc3c(s2)CCCCC3)n1. The van der Waals surface area contributed by atoms with Crippen LogP contribution >= 0.6 is 11.3 Å². The van der Waals surface area contributed by atoms with Crippen molar-refractivity contribution in [2.75, 3.05) is 5.43 Å². The number of fused-ring (bicyclic) bond motifs is 1. The number of carbonyl (C=O) groups is 1. The van der Waals surface area contributed by atoms with Crippen LogP contribution in [0.1, 0.15) is 50.8 Å². The molecule has 116 valence electrons. The molecule has 3 rings (SSSR count). The largest absolute Gasteiger partial charge is 0.279 e. The molecule has 1 aliphatic rings. The number of nitrogens with one attached hydrogen (secondary N) is 2. The van der Waals surface area contributed by atoms with Gasteiger partial charge in [0.2, 0.25) is 5.95 Å². The molecular weight excluding hydrogens is 296 g/mol. The number of carbonyl (C=O) groups excluding carboxylic acids is 1. The van der Waals surface area contributed by atoms with Crippen LogP contribution < -0.4 is 10.9 Å². The fraction of sp³-hybridized carbons (Fsp3) is 0.438. The molecule has 0 bridgehead atoms. The molecule has 0 radical (unpaired) electrons. The van der Waals surface area contributed by atoms with E-state index in [0.717, 1.165) is 29.1 Å². The quantitative estimate of drug-likeness (QED) is 0.674. The van der Waals surface area contributed by atoms with Crippen LogP contribution in [0.15, 0.2) is 12.1 Å². The molecule has 22 heavy (non-hydrogen) atoms. The van der Waals surface area contributed by atoms with Crippen LogP contribution in [-0.4, -0.2) is 15.9 Å². The lowest BCUT2D eigenvalue weighted by Gasteiger charge is -2.07. The second kappa shape index (κ2) is 6.44. The number of anilines is 1. The predicted molar refractivity (Wildman–Crippen MR) is 88.2 cm³/mol. The second-order valence-electron chi connectivity index (χ2n) is 5.67. The number of hydrogen-bond donors (Lipinski definition) is 2. The molecule has 0 spiro atoms. The van der Waals surface area contributed by atoms with Crippen molar-refractivity contribution < 1.29 is 4.79 Å². The maximum Gasteiger partial charge on any atom is 0.279 e. The first kappa shape index (κ1) is 15.0. The molecule has 0 fully saturated rings. The maximum absolute atomic E-state index is 12.3. The van der Waals surface area contributed by atoms with E-state index in [1.165, 1.54) is 29.7 Å². The first-order valence-corrected chi connectivity index (χ1v) is 8.44. The molecule has 0 saturated heterocycles. The Morgan fingerprint density at radius 1 is 1.09 bits per heavy atom. The minimum atomic E-state index is -0.124. The Hall–Kier alpha value is -1.95. The van der Waals surface area contributed by atoms with E-state index in [9.17, 15) is 4.79 Å². The highest BCUT2D eigenvalue weighted by Crippen LogP contribution is 2.28. The summed E-state index contributed by atoms with van der Waals surface area (Å²) in [6.45, 7) is 3.80. The number of hydrazine groups is 1. The Labute approximate surface area is 134 Å². The van der Waals surface area contributed by atoms with Crippen molar-refractivity contribution in [3.05, 3.63) is 38.8 Å². The summed E-state index contributed by atoms with van der Waals surface area (Å²) >= 11 is 1.61. The predicted octanol–water partition coefficient (Wildman–Crippen LogP) is 3.18. The standard InChI is InChI=1S/C16H20N4OS/c1-10-8-11(2)18-16(17-10)20-19-15(21)14-9-12-6-4-3-5-7-13(12)22-14/h8-9H,3-7H2,1-2H3,(H,19,21)(H,17,18,20). The summed E-state index contributed by atoms with van der Waals surface area (Å²) in [4.78, 5) is 22.9. The van der Waals surface area contributed by atoms with Gasteiger partial charge >= 0.3 is 0 Å². The van der Waals surface area contributed by atoms with Crippen molar-refractivity contribution in [2.45, 2.75) is 46.0 Å². The molecule has 2 aromatic rings. The van der Waals surface area contributed by atoms with Gasteiger partial charge in [0.05, 0.1) is 4.88 Å². The van der Waals surface area contributed by atoms with Crippen LogP contribution in [0.4, 0.5) is 5.95 Å². The smallest absolute Gasteiger partial charge is 0.266 e. The Balaban J connectivity index is 1.67. The summed E-state index contributed by atoms with van der Waals surface area (Å²) in [7, 11) is 0. The highest BCUT2D eigenvalue weighted by atomic mass is 32.1. The molecule has 6 heteroatoms. The first-order chi connectivity index (χ1) is 10.6. The Bertz CT molecular complexity index is 652. The monoisotopic (exact) mass is 316 g/mol. The number of nitrogens with zero attached hydrogens (tertiary/aromatic N) is 2. The summed E-state index contributed by atoms with van der Waals surface area (Å²) in [5.41, 5.74) is 8.57. The van der Waals surface area contributed by atoms with E-state index >= 15 is 0 Å². The van der Waals surface area contributed by atoms with Gasteiger partial charge in [0.1, 0.15) is 0 Å². The Morgan fingerprint density at radius 3 is 2.59 bits per heavy atom. The second-order valence-corrected chi connectivity index (χ2v) is 6.81. The molecule has 0 saturated carbocycles. The van der Waals surface area contributed by atoms with Crippen LogP contribution in [0.2, 0.25) is 0 Å². The molecule has 5 nitrogen and oxygen atoms in total. The van der Waals surface area contributed by atoms with Gasteiger partial charge in [-0.2, -0.15) is 0 Å². The van der Waals surface area contributed by atoms with Crippen molar-refractivity contribution in [2.24, 2.45) is 0 Å². The number of thiophene rings is 1. The average Bonchev–Trinajstić information content (AvgIpc) is 2.75. The van der Waals surface area contributed by atoms with Gasteiger partial charge in [0, 0.05) is 16.3 Å². The van der Waals surface area contributed by atoms with Gasteiger partial charge in [0.15, 0.2) is 0 Å². The fourth-order valence-corrected chi connectivity index (χ4v) is 3.88. The Kier molecular flexibility index (Phi) is 4.38. The lowest BCUT2D eigenvalue weighted by Crippen LogP contribution is -2.29. The average molecular weight is 316 g/mol. The van der Waals surface area contributed by atoms with Crippen molar-refractivity contribution in [3.63, 3.8) is 0 Å². The van der Waals surface area contributed by atoms with Crippen LogP contribution in [0.25, 0.3) is 0 Å².